The summed E-state index contributed by atoms with van der Waals surface area (Å²) < 4.78 is 86.2. The number of carbonyl (C=O) groups is 2. The summed E-state index contributed by atoms with van der Waals surface area (Å²) in [6.45, 7) is 0.708. The number of pyridine rings is 1. The molecule has 1 aliphatic rings. The fourth-order valence-corrected chi connectivity index (χ4v) is 5.49. The fourth-order valence-electron chi connectivity index (χ4n) is 4.23. The maximum atomic E-state index is 14.0. The van der Waals surface area contributed by atoms with Crippen LogP contribution in [0.25, 0.3) is 0 Å². The first-order valence-electron chi connectivity index (χ1n) is 12.1. The second-order valence-corrected chi connectivity index (χ2v) is 11.5. The molecule has 9 nitrogen and oxygen atoms in total. The topological polar surface area (TPSA) is 142 Å². The summed E-state index contributed by atoms with van der Waals surface area (Å²) in [6.07, 6.45) is -5.14. The van der Waals surface area contributed by atoms with E-state index in [1.165, 1.54) is 41.5 Å². The summed E-state index contributed by atoms with van der Waals surface area (Å²) in [5, 5.41) is 12.0. The van der Waals surface area contributed by atoms with Crippen molar-refractivity contribution in [1.29, 1.82) is 5.26 Å². The maximum Gasteiger partial charge on any atom is 0.434 e. The van der Waals surface area contributed by atoms with E-state index in [9.17, 15) is 41.0 Å². The summed E-state index contributed by atoms with van der Waals surface area (Å²) >= 11 is 0. The molecule has 2 heterocycles. The van der Waals surface area contributed by atoms with E-state index in [1.807, 2.05) is 0 Å². The zero-order valence-corrected chi connectivity index (χ0v) is 22.5. The lowest BCUT2D eigenvalue weighted by atomic mass is 10.00. The van der Waals surface area contributed by atoms with Crippen molar-refractivity contribution in [2.75, 3.05) is 36.1 Å². The van der Waals surface area contributed by atoms with Crippen molar-refractivity contribution >= 4 is 33.0 Å². The minimum absolute atomic E-state index is 0.0101. The number of aromatic nitrogens is 1. The van der Waals surface area contributed by atoms with Crippen LogP contribution in [0.2, 0.25) is 0 Å². The van der Waals surface area contributed by atoms with Gasteiger partial charge in [-0.2, -0.15) is 22.8 Å². The number of nitriles is 1. The fraction of sp³-hybridized carbons (Fsp3) is 0.440. The Hall–Kier alpha value is -3.64. The zero-order chi connectivity index (χ0) is 29.9. The van der Waals surface area contributed by atoms with E-state index in [4.69, 9.17) is 5.73 Å². The number of anilines is 2. The molecule has 1 aromatic heterocycles. The van der Waals surface area contributed by atoms with Crippen molar-refractivity contribution in [2.45, 2.75) is 49.6 Å². The maximum absolute atomic E-state index is 14.0. The number of hydrogen-bond acceptors (Lipinski definition) is 7. The molecule has 15 heteroatoms. The summed E-state index contributed by atoms with van der Waals surface area (Å²) in [4.78, 5) is 30.3. The number of carbonyl (C=O) groups excluding carboxylic acids is 2. The van der Waals surface area contributed by atoms with E-state index >= 15 is 0 Å². The van der Waals surface area contributed by atoms with Crippen molar-refractivity contribution in [1.82, 2.24) is 4.98 Å². The lowest BCUT2D eigenvalue weighted by Crippen LogP contribution is -2.31. The molecule has 3 rings (SSSR count). The van der Waals surface area contributed by atoms with Gasteiger partial charge in [0, 0.05) is 55.7 Å². The van der Waals surface area contributed by atoms with Gasteiger partial charge in [-0.15, -0.1) is 0 Å². The molecule has 1 atom stereocenters. The SMILES string of the molecule is Cc1c(C#N)c(C(F)(F)F)nc(N2CCCC(F)(F)CC2)c1C(=O)Nc1cccc([S@@](C)(=O)=NC(=O)CCN)c1. The van der Waals surface area contributed by atoms with Gasteiger partial charge in [-0.25, -0.2) is 18.0 Å². The van der Waals surface area contributed by atoms with E-state index in [0.717, 1.165) is 6.92 Å². The number of hydrogen-bond donors (Lipinski definition) is 2. The quantitative estimate of drug-likeness (QED) is 0.475. The molecule has 0 aliphatic carbocycles. The number of halogens is 5. The van der Waals surface area contributed by atoms with Crippen LogP contribution in [0.5, 0.6) is 0 Å². The molecular weight excluding hydrogens is 559 g/mol. The third kappa shape index (κ3) is 7.11. The molecule has 1 aromatic carbocycles. The van der Waals surface area contributed by atoms with Gasteiger partial charge in [0.1, 0.15) is 11.9 Å². The van der Waals surface area contributed by atoms with E-state index in [2.05, 4.69) is 14.7 Å². The number of nitrogens with zero attached hydrogens (tertiary/aromatic N) is 4. The Kier molecular flexibility index (Phi) is 9.15. The average molecular weight is 587 g/mol. The molecule has 3 N–H and O–H groups in total. The highest BCUT2D eigenvalue weighted by Crippen LogP contribution is 2.38. The molecule has 2 amide bonds. The van der Waals surface area contributed by atoms with Crippen LogP contribution in [-0.4, -0.2) is 52.8 Å². The Morgan fingerprint density at radius 3 is 2.60 bits per heavy atom. The van der Waals surface area contributed by atoms with Crippen LogP contribution < -0.4 is 16.0 Å². The molecule has 40 heavy (non-hydrogen) atoms. The standard InChI is InChI=1S/C25H27F5N6O3S/c1-15-18(14-32)21(25(28,29)30)34-22(36-11-4-8-24(26,27)9-12-36)20(15)23(38)33-16-5-3-6-17(13-16)40(2,39)35-19(37)7-10-31/h3,5-6,13H,4,7-12,31H2,1-2H3,(H,33,38)/t40-/m1/s1. The van der Waals surface area contributed by atoms with Crippen molar-refractivity contribution < 1.29 is 35.8 Å². The summed E-state index contributed by atoms with van der Waals surface area (Å²) in [5.41, 5.74) is 2.28. The second kappa shape index (κ2) is 11.8. The molecule has 0 bridgehead atoms. The van der Waals surface area contributed by atoms with Crippen LogP contribution in [0.4, 0.5) is 33.5 Å². The van der Waals surface area contributed by atoms with Crippen molar-refractivity contribution in [2.24, 2.45) is 10.1 Å². The first-order valence-corrected chi connectivity index (χ1v) is 14.0. The highest BCUT2D eigenvalue weighted by Gasteiger charge is 2.40. The van der Waals surface area contributed by atoms with Gasteiger partial charge in [0.15, 0.2) is 5.69 Å². The molecular formula is C25H27F5N6O3S. The first-order chi connectivity index (χ1) is 18.6. The first kappa shape index (κ1) is 30.9. The Morgan fingerprint density at radius 1 is 1.27 bits per heavy atom. The van der Waals surface area contributed by atoms with Crippen LogP contribution in [0, 0.1) is 18.3 Å². The van der Waals surface area contributed by atoms with Crippen LogP contribution >= 0.6 is 0 Å². The van der Waals surface area contributed by atoms with Gasteiger partial charge < -0.3 is 16.0 Å². The average Bonchev–Trinajstić information content (AvgIpc) is 3.03. The molecule has 0 spiro atoms. The van der Waals surface area contributed by atoms with Crippen LogP contribution in [0.15, 0.2) is 33.5 Å². The van der Waals surface area contributed by atoms with Crippen molar-refractivity contribution in [3.63, 3.8) is 0 Å². The van der Waals surface area contributed by atoms with E-state index in [1.54, 1.807) is 0 Å². The Balaban J connectivity index is 2.10. The number of benzene rings is 1. The van der Waals surface area contributed by atoms with Gasteiger partial charge in [0.2, 0.25) is 5.92 Å². The molecule has 1 aliphatic heterocycles. The molecule has 2 aromatic rings. The molecule has 0 unspecified atom stereocenters. The van der Waals surface area contributed by atoms with Gasteiger partial charge in [-0.3, -0.25) is 9.59 Å². The lowest BCUT2D eigenvalue weighted by molar-refractivity contribution is -0.141. The number of alkyl halides is 5. The Morgan fingerprint density at radius 2 is 1.98 bits per heavy atom. The zero-order valence-electron chi connectivity index (χ0n) is 21.6. The number of nitrogens with two attached hydrogens (primary N) is 1. The van der Waals surface area contributed by atoms with Crippen LogP contribution in [-0.2, 0) is 20.7 Å². The predicted molar refractivity (Wildman–Crippen MR) is 138 cm³/mol. The van der Waals surface area contributed by atoms with Gasteiger partial charge in [0.05, 0.1) is 20.9 Å². The summed E-state index contributed by atoms with van der Waals surface area (Å²) in [6, 6.07) is 6.98. The Labute approximate surface area is 227 Å². The van der Waals surface area contributed by atoms with E-state index in [0.29, 0.717) is 0 Å². The minimum Gasteiger partial charge on any atom is -0.356 e. The van der Waals surface area contributed by atoms with Crippen LogP contribution in [0.3, 0.4) is 0 Å². The monoisotopic (exact) mass is 586 g/mol. The van der Waals surface area contributed by atoms with Gasteiger partial charge in [-0.05, 0) is 37.1 Å². The normalized spacial score (nSPS) is 16.8. The highest BCUT2D eigenvalue weighted by molar-refractivity contribution is 7.93. The Bertz CT molecular complexity index is 1480. The van der Waals surface area contributed by atoms with Crippen molar-refractivity contribution in [3.05, 3.63) is 46.6 Å². The lowest BCUT2D eigenvalue weighted by Gasteiger charge is -2.27. The molecule has 1 saturated heterocycles. The van der Waals surface area contributed by atoms with Gasteiger partial charge in [-0.1, -0.05) is 6.07 Å². The van der Waals surface area contributed by atoms with E-state index < -0.39 is 63.6 Å². The number of nitrogens with one attached hydrogen (secondary N) is 1. The second-order valence-electron chi connectivity index (χ2n) is 9.27. The molecule has 1 fully saturated rings. The molecule has 0 radical (unpaired) electrons. The smallest absolute Gasteiger partial charge is 0.356 e. The summed E-state index contributed by atoms with van der Waals surface area (Å²) in [5.74, 6) is -5.14. The summed E-state index contributed by atoms with van der Waals surface area (Å²) in [7, 11) is -3.23. The van der Waals surface area contributed by atoms with Gasteiger partial charge in [0.25, 0.3) is 11.8 Å². The third-order valence-electron chi connectivity index (χ3n) is 6.22. The predicted octanol–water partition coefficient (Wildman–Crippen LogP) is 4.49. The van der Waals surface area contributed by atoms with Crippen LogP contribution in [0.1, 0.15) is 52.9 Å². The number of rotatable bonds is 6. The van der Waals surface area contributed by atoms with Gasteiger partial charge >= 0.3 is 6.18 Å². The third-order valence-corrected chi connectivity index (χ3v) is 7.90. The minimum atomic E-state index is -5.05. The largest absolute Gasteiger partial charge is 0.434 e. The molecule has 0 saturated carbocycles. The molecule has 216 valence electrons. The highest BCUT2D eigenvalue weighted by atomic mass is 32.2. The number of amides is 2. The van der Waals surface area contributed by atoms with E-state index in [-0.39, 0.29) is 54.2 Å². The van der Waals surface area contributed by atoms with Crippen molar-refractivity contribution in [3.8, 4) is 6.07 Å².